The van der Waals surface area contributed by atoms with Crippen molar-refractivity contribution in [3.63, 3.8) is 0 Å². The van der Waals surface area contributed by atoms with Gasteiger partial charge in [-0.1, -0.05) is 25.0 Å². The monoisotopic (exact) mass is 414 g/mol. The Morgan fingerprint density at radius 2 is 1.67 bits per heavy atom. The average molecular weight is 415 g/mol. The molecule has 0 spiro atoms. The molecule has 1 aliphatic carbocycles. The Bertz CT molecular complexity index is 675. The van der Waals surface area contributed by atoms with Gasteiger partial charge in [0.1, 0.15) is 0 Å². The second kappa shape index (κ2) is 11.5. The van der Waals surface area contributed by atoms with Gasteiger partial charge in [0.2, 0.25) is 5.91 Å². The quantitative estimate of drug-likeness (QED) is 0.652. The molecule has 1 aromatic rings. The second-order valence-electron chi connectivity index (χ2n) is 9.19. The first-order chi connectivity index (χ1) is 14.5. The maximum absolute atomic E-state index is 12.5. The first kappa shape index (κ1) is 22.8. The van der Waals surface area contributed by atoms with Crippen molar-refractivity contribution in [1.82, 2.24) is 20.4 Å². The summed E-state index contributed by atoms with van der Waals surface area (Å²) in [5, 5.41) is 6.14. The first-order valence-corrected chi connectivity index (χ1v) is 11.5. The van der Waals surface area contributed by atoms with Gasteiger partial charge in [-0.2, -0.15) is 0 Å². The summed E-state index contributed by atoms with van der Waals surface area (Å²) in [6.07, 6.45) is 6.65. The van der Waals surface area contributed by atoms with Crippen LogP contribution in [0.5, 0.6) is 0 Å². The third-order valence-electron chi connectivity index (χ3n) is 6.53. The number of hydrogen-bond acceptors (Lipinski definition) is 4. The highest BCUT2D eigenvalue weighted by atomic mass is 16.2. The van der Waals surface area contributed by atoms with Crippen LogP contribution in [0.15, 0.2) is 24.3 Å². The molecule has 166 valence electrons. The van der Waals surface area contributed by atoms with E-state index in [0.29, 0.717) is 18.0 Å². The van der Waals surface area contributed by atoms with Gasteiger partial charge in [-0.05, 0) is 76.5 Å². The zero-order valence-corrected chi connectivity index (χ0v) is 18.7. The number of rotatable bonds is 9. The summed E-state index contributed by atoms with van der Waals surface area (Å²) >= 11 is 0. The van der Waals surface area contributed by atoms with Crippen LogP contribution in [0.25, 0.3) is 0 Å². The Hall–Kier alpha value is -1.92. The molecular formula is C24H38N4O2. The summed E-state index contributed by atoms with van der Waals surface area (Å²) in [4.78, 5) is 29.4. The minimum atomic E-state index is -0.00780. The third-order valence-corrected chi connectivity index (χ3v) is 6.53. The summed E-state index contributed by atoms with van der Waals surface area (Å²) in [6, 6.07) is 7.59. The van der Waals surface area contributed by atoms with E-state index in [1.165, 1.54) is 0 Å². The van der Waals surface area contributed by atoms with Crippen molar-refractivity contribution in [3.8, 4) is 0 Å². The highest BCUT2D eigenvalue weighted by Gasteiger charge is 2.22. The largest absolute Gasteiger partial charge is 0.352 e. The number of nitrogens with zero attached hydrogens (tertiary/aromatic N) is 2. The van der Waals surface area contributed by atoms with Gasteiger partial charge in [0.05, 0.1) is 0 Å². The molecule has 1 aromatic carbocycles. The van der Waals surface area contributed by atoms with Crippen LogP contribution < -0.4 is 10.6 Å². The molecule has 2 N–H and O–H groups in total. The van der Waals surface area contributed by atoms with Crippen LogP contribution in [0.1, 0.15) is 54.4 Å². The molecule has 0 bridgehead atoms. The molecule has 1 saturated carbocycles. The Balaban J connectivity index is 1.35. The predicted octanol–water partition coefficient (Wildman–Crippen LogP) is 2.50. The van der Waals surface area contributed by atoms with Gasteiger partial charge in [-0.15, -0.1) is 0 Å². The number of likely N-dealkylation sites (tertiary alicyclic amines) is 1. The van der Waals surface area contributed by atoms with E-state index in [2.05, 4.69) is 34.5 Å². The van der Waals surface area contributed by atoms with E-state index >= 15 is 0 Å². The van der Waals surface area contributed by atoms with Crippen molar-refractivity contribution >= 4 is 11.8 Å². The highest BCUT2D eigenvalue weighted by Crippen LogP contribution is 2.24. The van der Waals surface area contributed by atoms with Gasteiger partial charge < -0.3 is 20.4 Å². The lowest BCUT2D eigenvalue weighted by atomic mass is 9.96. The summed E-state index contributed by atoms with van der Waals surface area (Å²) in [5.41, 5.74) is 1.72. The number of nitrogens with one attached hydrogen (secondary N) is 2. The predicted molar refractivity (Wildman–Crippen MR) is 120 cm³/mol. The number of hydrogen-bond donors (Lipinski definition) is 2. The average Bonchev–Trinajstić information content (AvgIpc) is 3.30. The van der Waals surface area contributed by atoms with Gasteiger partial charge in [0, 0.05) is 37.7 Å². The number of carbonyl (C=O) groups excluding carboxylic acids is 2. The fourth-order valence-corrected chi connectivity index (χ4v) is 4.39. The number of piperidine rings is 1. The molecule has 0 radical (unpaired) electrons. The Kier molecular flexibility index (Phi) is 8.70. The van der Waals surface area contributed by atoms with E-state index in [1.807, 2.05) is 24.3 Å². The summed E-state index contributed by atoms with van der Waals surface area (Å²) < 4.78 is 0. The molecule has 30 heavy (non-hydrogen) atoms. The van der Waals surface area contributed by atoms with Gasteiger partial charge in [-0.25, -0.2) is 0 Å². The second-order valence-corrected chi connectivity index (χ2v) is 9.19. The molecule has 0 atom stereocenters. The van der Waals surface area contributed by atoms with E-state index in [-0.39, 0.29) is 17.7 Å². The van der Waals surface area contributed by atoms with Crippen LogP contribution >= 0.6 is 0 Å². The molecular weight excluding hydrogens is 376 g/mol. The van der Waals surface area contributed by atoms with Gasteiger partial charge in [0.25, 0.3) is 5.91 Å². The number of carbonyl (C=O) groups is 2. The molecule has 1 heterocycles. The molecule has 0 aromatic heterocycles. The first-order valence-electron chi connectivity index (χ1n) is 11.5. The smallest absolute Gasteiger partial charge is 0.251 e. The van der Waals surface area contributed by atoms with Crippen LogP contribution in [0.2, 0.25) is 0 Å². The van der Waals surface area contributed by atoms with Crippen molar-refractivity contribution in [2.24, 2.45) is 11.8 Å². The Labute approximate surface area is 181 Å². The molecule has 1 saturated heterocycles. The maximum atomic E-state index is 12.5. The molecule has 6 nitrogen and oxygen atoms in total. The van der Waals surface area contributed by atoms with Crippen molar-refractivity contribution < 1.29 is 9.59 Å². The number of benzene rings is 1. The highest BCUT2D eigenvalue weighted by molar-refractivity contribution is 5.94. The van der Waals surface area contributed by atoms with Crippen LogP contribution in [0.4, 0.5) is 0 Å². The van der Waals surface area contributed by atoms with Crippen LogP contribution in [0.3, 0.4) is 0 Å². The van der Waals surface area contributed by atoms with Crippen molar-refractivity contribution in [2.75, 3.05) is 46.8 Å². The van der Waals surface area contributed by atoms with E-state index < -0.39 is 0 Å². The Morgan fingerprint density at radius 1 is 1.00 bits per heavy atom. The third kappa shape index (κ3) is 7.10. The van der Waals surface area contributed by atoms with Crippen molar-refractivity contribution in [1.29, 1.82) is 0 Å². The molecule has 3 rings (SSSR count). The van der Waals surface area contributed by atoms with E-state index in [0.717, 1.165) is 76.8 Å². The summed E-state index contributed by atoms with van der Waals surface area (Å²) in [5.74, 6) is 0.915. The standard InChI is InChI=1S/C24H38N4O2/c1-27(2)15-16-28-13-11-20(12-14-28)18-26-24(30)22-9-7-19(8-10-22)17-25-23(29)21-5-3-4-6-21/h7-10,20-21H,3-6,11-18H2,1-2H3,(H,25,29)(H,26,30). The van der Waals surface area contributed by atoms with Crippen LogP contribution in [-0.2, 0) is 11.3 Å². The zero-order valence-electron chi connectivity index (χ0n) is 18.7. The van der Waals surface area contributed by atoms with Crippen molar-refractivity contribution in [2.45, 2.75) is 45.1 Å². The fourth-order valence-electron chi connectivity index (χ4n) is 4.39. The lowest BCUT2D eigenvalue weighted by Gasteiger charge is -2.32. The molecule has 0 unspecified atom stereocenters. The Morgan fingerprint density at radius 3 is 2.30 bits per heavy atom. The molecule has 2 amide bonds. The molecule has 2 fully saturated rings. The summed E-state index contributed by atoms with van der Waals surface area (Å²) in [7, 11) is 4.22. The van der Waals surface area contributed by atoms with Crippen molar-refractivity contribution in [3.05, 3.63) is 35.4 Å². The molecule has 6 heteroatoms. The maximum Gasteiger partial charge on any atom is 0.251 e. The number of amides is 2. The van der Waals surface area contributed by atoms with Crippen LogP contribution in [0, 0.1) is 11.8 Å². The van der Waals surface area contributed by atoms with Crippen LogP contribution in [-0.4, -0.2) is 68.4 Å². The number of likely N-dealkylation sites (N-methyl/N-ethyl adjacent to an activating group) is 1. The summed E-state index contributed by atoms with van der Waals surface area (Å²) in [6.45, 7) is 5.75. The van der Waals surface area contributed by atoms with E-state index in [9.17, 15) is 9.59 Å². The zero-order chi connectivity index (χ0) is 21.3. The van der Waals surface area contributed by atoms with E-state index in [4.69, 9.17) is 0 Å². The van der Waals surface area contributed by atoms with E-state index in [1.54, 1.807) is 0 Å². The molecule has 2 aliphatic rings. The van der Waals surface area contributed by atoms with Gasteiger partial charge in [-0.3, -0.25) is 9.59 Å². The molecule has 1 aliphatic heterocycles. The normalized spacial score (nSPS) is 18.6. The lowest BCUT2D eigenvalue weighted by Crippen LogP contribution is -2.41. The van der Waals surface area contributed by atoms with Gasteiger partial charge >= 0.3 is 0 Å². The minimum Gasteiger partial charge on any atom is -0.352 e. The van der Waals surface area contributed by atoms with Gasteiger partial charge in [0.15, 0.2) is 0 Å². The lowest BCUT2D eigenvalue weighted by molar-refractivity contribution is -0.124. The SMILES string of the molecule is CN(C)CCN1CCC(CNC(=O)c2ccc(CNC(=O)C3CCCC3)cc2)CC1. The topological polar surface area (TPSA) is 64.7 Å². The minimum absolute atomic E-state index is 0.00780. The fraction of sp³-hybridized carbons (Fsp3) is 0.667.